The lowest BCUT2D eigenvalue weighted by atomic mass is 9.93. The first-order chi connectivity index (χ1) is 5.95. The van der Waals surface area contributed by atoms with Gasteiger partial charge in [0.2, 0.25) is 0 Å². The summed E-state index contributed by atoms with van der Waals surface area (Å²) in [5.74, 6) is -7.20. The van der Waals surface area contributed by atoms with Crippen molar-refractivity contribution in [2.75, 3.05) is 0 Å². The van der Waals surface area contributed by atoms with E-state index in [2.05, 4.69) is 0 Å². The van der Waals surface area contributed by atoms with Gasteiger partial charge < -0.3 is 0 Å². The molecule has 0 aliphatic heterocycles. The van der Waals surface area contributed by atoms with Crippen molar-refractivity contribution in [3.8, 4) is 0 Å². The Balaban J connectivity index is 3.41. The molecular formula is C7H4BF5. The molecule has 0 spiro atoms. The van der Waals surface area contributed by atoms with Crippen LogP contribution in [0.1, 0.15) is 11.6 Å². The molecule has 0 heterocycles. The monoisotopic (exact) mass is 194 g/mol. The van der Waals surface area contributed by atoms with Crippen molar-refractivity contribution < 1.29 is 22.0 Å². The minimum atomic E-state index is -1.99. The third kappa shape index (κ3) is 1.66. The molecule has 0 fully saturated rings. The molecule has 6 heteroatoms. The zero-order valence-corrected chi connectivity index (χ0v) is 6.54. The van der Waals surface area contributed by atoms with E-state index in [1.165, 1.54) is 0 Å². The molecule has 0 radical (unpaired) electrons. The number of hydrogen-bond acceptors (Lipinski definition) is 0. The molecule has 1 aromatic carbocycles. The Hall–Kier alpha value is -1.07. The molecule has 0 bridgehead atoms. The summed E-state index contributed by atoms with van der Waals surface area (Å²) in [6.07, 6.45) is -1.88. The Labute approximate surface area is 71.8 Å². The predicted molar refractivity (Wildman–Crippen MR) is 38.7 cm³/mol. The number of hydrogen-bond donors (Lipinski definition) is 0. The van der Waals surface area contributed by atoms with Crippen molar-refractivity contribution >= 4 is 7.85 Å². The van der Waals surface area contributed by atoms with Gasteiger partial charge in [-0.2, -0.15) is 0 Å². The molecule has 13 heavy (non-hydrogen) atoms. The summed E-state index contributed by atoms with van der Waals surface area (Å²) in [6.45, 7) is 0. The van der Waals surface area contributed by atoms with E-state index in [0.717, 1.165) is 7.85 Å². The van der Waals surface area contributed by atoms with Gasteiger partial charge in [0.1, 0.15) is 0 Å². The molecule has 0 aromatic heterocycles. The van der Waals surface area contributed by atoms with Crippen molar-refractivity contribution in [3.05, 3.63) is 34.9 Å². The molecule has 0 aliphatic rings. The second-order valence-corrected chi connectivity index (χ2v) is 2.51. The molecule has 0 N–H and O–H groups in total. The van der Waals surface area contributed by atoms with E-state index in [1.807, 2.05) is 0 Å². The van der Waals surface area contributed by atoms with E-state index in [1.54, 1.807) is 0 Å². The van der Waals surface area contributed by atoms with E-state index >= 15 is 0 Å². The number of alkyl halides is 1. The maximum Gasteiger partial charge on any atom is 0.197 e. The van der Waals surface area contributed by atoms with Crippen LogP contribution in [-0.4, -0.2) is 7.85 Å². The number of benzene rings is 1. The topological polar surface area (TPSA) is 0 Å². The van der Waals surface area contributed by atoms with Crippen LogP contribution in [0.25, 0.3) is 0 Å². The smallest absolute Gasteiger partial charge is 0.197 e. The largest absolute Gasteiger partial charge is 0.253 e. The van der Waals surface area contributed by atoms with E-state index in [9.17, 15) is 22.0 Å². The average Bonchev–Trinajstić information content (AvgIpc) is 2.07. The molecule has 1 atom stereocenters. The number of rotatable bonds is 1. The van der Waals surface area contributed by atoms with E-state index in [0.29, 0.717) is 6.07 Å². The third-order valence-electron chi connectivity index (χ3n) is 1.56. The SMILES string of the molecule is BC(F)c1cc(F)c(F)c(F)c1F. The second-order valence-electron chi connectivity index (χ2n) is 2.51. The van der Waals surface area contributed by atoms with Gasteiger partial charge in [-0.25, -0.2) is 17.6 Å². The van der Waals surface area contributed by atoms with Crippen LogP contribution in [-0.2, 0) is 0 Å². The highest BCUT2D eigenvalue weighted by Crippen LogP contribution is 2.23. The zero-order chi connectivity index (χ0) is 10.2. The maximum absolute atomic E-state index is 12.7. The molecule has 0 aliphatic carbocycles. The van der Waals surface area contributed by atoms with Crippen molar-refractivity contribution in [3.63, 3.8) is 0 Å². The molecule has 1 rings (SSSR count). The van der Waals surface area contributed by atoms with Gasteiger partial charge >= 0.3 is 0 Å². The average molecular weight is 194 g/mol. The van der Waals surface area contributed by atoms with Gasteiger partial charge in [-0.3, -0.25) is 4.39 Å². The highest BCUT2D eigenvalue weighted by atomic mass is 19.2. The predicted octanol–water partition coefficient (Wildman–Crippen LogP) is 1.84. The van der Waals surface area contributed by atoms with Crippen molar-refractivity contribution in [2.45, 2.75) is 6.07 Å². The van der Waals surface area contributed by atoms with E-state index in [4.69, 9.17) is 0 Å². The highest BCUT2D eigenvalue weighted by molar-refractivity contribution is 6.11. The molecular weight excluding hydrogens is 190 g/mol. The van der Waals surface area contributed by atoms with Crippen LogP contribution in [0.4, 0.5) is 22.0 Å². The van der Waals surface area contributed by atoms with Crippen LogP contribution >= 0.6 is 0 Å². The van der Waals surface area contributed by atoms with Crippen LogP contribution < -0.4 is 0 Å². The first-order valence-corrected chi connectivity index (χ1v) is 3.42. The summed E-state index contributed by atoms with van der Waals surface area (Å²) >= 11 is 0. The Morgan fingerprint density at radius 1 is 1.00 bits per heavy atom. The van der Waals surface area contributed by atoms with Crippen LogP contribution in [0.3, 0.4) is 0 Å². The van der Waals surface area contributed by atoms with Gasteiger partial charge in [0.15, 0.2) is 31.1 Å². The summed E-state index contributed by atoms with van der Waals surface area (Å²) in [7, 11) is 0.898. The fourth-order valence-corrected chi connectivity index (χ4v) is 0.881. The Morgan fingerprint density at radius 3 is 2.00 bits per heavy atom. The maximum atomic E-state index is 12.7. The van der Waals surface area contributed by atoms with E-state index < -0.39 is 34.9 Å². The lowest BCUT2D eigenvalue weighted by Gasteiger charge is -2.05. The summed E-state index contributed by atoms with van der Waals surface area (Å²) in [5, 5.41) is 0. The molecule has 1 unspecified atom stereocenters. The first kappa shape index (κ1) is 10.0. The lowest BCUT2D eigenvalue weighted by Crippen LogP contribution is -2.03. The Kier molecular flexibility index (Phi) is 2.59. The summed E-state index contributed by atoms with van der Waals surface area (Å²) in [5.41, 5.74) is -0.823. The van der Waals surface area contributed by atoms with Crippen LogP contribution in [0, 0.1) is 23.3 Å². The standard InChI is InChI=1S/C7H4BF5/c8-7(13)2-1-3(9)5(11)6(12)4(2)10/h1,7H,8H2. The highest BCUT2D eigenvalue weighted by Gasteiger charge is 2.21. The van der Waals surface area contributed by atoms with Crippen molar-refractivity contribution in [1.29, 1.82) is 0 Å². The van der Waals surface area contributed by atoms with Crippen molar-refractivity contribution in [2.24, 2.45) is 0 Å². The van der Waals surface area contributed by atoms with Gasteiger partial charge in [-0.05, 0) is 6.07 Å². The van der Waals surface area contributed by atoms with Crippen LogP contribution in [0.5, 0.6) is 0 Å². The summed E-state index contributed by atoms with van der Waals surface area (Å²) in [6, 6.07) is 0.304. The molecule has 70 valence electrons. The minimum absolute atomic E-state index is 0.304. The molecule has 0 saturated heterocycles. The summed E-state index contributed by atoms with van der Waals surface area (Å²) in [4.78, 5) is 0. The Morgan fingerprint density at radius 2 is 1.54 bits per heavy atom. The second kappa shape index (κ2) is 3.36. The van der Waals surface area contributed by atoms with Crippen LogP contribution in [0.2, 0.25) is 0 Å². The molecule has 1 aromatic rings. The molecule has 0 saturated carbocycles. The zero-order valence-electron chi connectivity index (χ0n) is 6.54. The molecule has 0 amide bonds. The fraction of sp³-hybridized carbons (Fsp3) is 0.143. The van der Waals surface area contributed by atoms with Gasteiger partial charge in [0.25, 0.3) is 0 Å². The van der Waals surface area contributed by atoms with E-state index in [-0.39, 0.29) is 0 Å². The first-order valence-electron chi connectivity index (χ1n) is 3.42. The normalized spacial score (nSPS) is 13.0. The summed E-state index contributed by atoms with van der Waals surface area (Å²) < 4.78 is 62.4. The lowest BCUT2D eigenvalue weighted by molar-refractivity contribution is 0.381. The van der Waals surface area contributed by atoms with Crippen molar-refractivity contribution in [1.82, 2.24) is 0 Å². The van der Waals surface area contributed by atoms with Gasteiger partial charge in [0.05, 0.1) is 6.07 Å². The quantitative estimate of drug-likeness (QED) is 0.277. The minimum Gasteiger partial charge on any atom is -0.253 e. The van der Waals surface area contributed by atoms with Crippen LogP contribution in [0.15, 0.2) is 6.07 Å². The van der Waals surface area contributed by atoms with Gasteiger partial charge in [-0.15, -0.1) is 0 Å². The third-order valence-corrected chi connectivity index (χ3v) is 1.56. The molecule has 0 nitrogen and oxygen atoms in total. The number of halogens is 5. The van der Waals surface area contributed by atoms with Gasteiger partial charge in [0, 0.05) is 5.56 Å². The fourth-order valence-electron chi connectivity index (χ4n) is 0.881. The Bertz CT molecular complexity index is 336. The van der Waals surface area contributed by atoms with Gasteiger partial charge in [-0.1, -0.05) is 0 Å².